The van der Waals surface area contributed by atoms with Gasteiger partial charge in [0, 0.05) is 6.04 Å². The molecule has 2 aliphatic carbocycles. The van der Waals surface area contributed by atoms with Crippen LogP contribution in [0.5, 0.6) is 0 Å². The van der Waals surface area contributed by atoms with E-state index >= 15 is 0 Å². The van der Waals surface area contributed by atoms with Gasteiger partial charge in [-0.25, -0.2) is 0 Å². The lowest BCUT2D eigenvalue weighted by atomic mass is 9.97. The lowest BCUT2D eigenvalue weighted by Crippen LogP contribution is -2.50. The van der Waals surface area contributed by atoms with Gasteiger partial charge in [-0.15, -0.1) is 0 Å². The third kappa shape index (κ3) is 3.86. The molecule has 1 atom stereocenters. The minimum Gasteiger partial charge on any atom is -0.352 e. The van der Waals surface area contributed by atoms with Crippen LogP contribution < -0.4 is 10.6 Å². The van der Waals surface area contributed by atoms with E-state index in [1.807, 2.05) is 0 Å². The van der Waals surface area contributed by atoms with Crippen LogP contribution in [-0.2, 0) is 4.79 Å². The average molecular weight is 264 g/mol. The predicted octanol–water partition coefficient (Wildman–Crippen LogP) is 1.98. The Morgan fingerprint density at radius 3 is 2.28 bits per heavy atom. The lowest BCUT2D eigenvalue weighted by molar-refractivity contribution is -0.167. The van der Waals surface area contributed by atoms with Gasteiger partial charge in [0.2, 0.25) is 5.91 Å². The largest absolute Gasteiger partial charge is 0.404 e. The summed E-state index contributed by atoms with van der Waals surface area (Å²) < 4.78 is 38.7. The van der Waals surface area contributed by atoms with Gasteiger partial charge < -0.3 is 5.32 Å². The summed E-state index contributed by atoms with van der Waals surface area (Å²) in [7, 11) is 0. The summed E-state index contributed by atoms with van der Waals surface area (Å²) in [5.74, 6) is -0.705. The highest BCUT2D eigenvalue weighted by Crippen LogP contribution is 2.35. The minimum atomic E-state index is -4.27. The molecule has 18 heavy (non-hydrogen) atoms. The number of carbonyl (C=O) groups excluding carboxylic acids is 1. The molecule has 1 amide bonds. The van der Waals surface area contributed by atoms with Crippen molar-refractivity contribution in [1.29, 1.82) is 0 Å². The molecule has 0 spiro atoms. The van der Waals surface area contributed by atoms with Gasteiger partial charge in [-0.05, 0) is 31.6 Å². The minimum absolute atomic E-state index is 0.190. The standard InChI is InChI=1S/C12H19F3N2O/c13-12(14,15)11(8-3-1-2-4-8)16-7-10(18)17-9-5-6-9/h8-9,11,16H,1-7H2,(H,17,18). The fourth-order valence-corrected chi connectivity index (χ4v) is 2.55. The molecule has 6 heteroatoms. The number of hydrogen-bond donors (Lipinski definition) is 2. The summed E-state index contributed by atoms with van der Waals surface area (Å²) >= 11 is 0. The molecule has 2 N–H and O–H groups in total. The Labute approximate surface area is 104 Å². The van der Waals surface area contributed by atoms with Gasteiger partial charge in [-0.2, -0.15) is 13.2 Å². The summed E-state index contributed by atoms with van der Waals surface area (Å²) in [5.41, 5.74) is 0. The van der Waals surface area contributed by atoms with E-state index in [0.717, 1.165) is 25.7 Å². The highest BCUT2D eigenvalue weighted by molar-refractivity contribution is 5.78. The molecule has 3 nitrogen and oxygen atoms in total. The number of nitrogens with one attached hydrogen (secondary N) is 2. The highest BCUT2D eigenvalue weighted by atomic mass is 19.4. The number of hydrogen-bond acceptors (Lipinski definition) is 2. The maximum Gasteiger partial charge on any atom is 0.404 e. The topological polar surface area (TPSA) is 41.1 Å². The molecule has 2 saturated carbocycles. The summed E-state index contributed by atoms with van der Waals surface area (Å²) in [6, 6.07) is -1.35. The third-order valence-electron chi connectivity index (χ3n) is 3.65. The van der Waals surface area contributed by atoms with Crippen molar-refractivity contribution in [2.24, 2.45) is 5.92 Å². The molecule has 0 aliphatic heterocycles. The molecule has 1 unspecified atom stereocenters. The molecular formula is C12H19F3N2O. The van der Waals surface area contributed by atoms with E-state index in [0.29, 0.717) is 12.8 Å². The zero-order chi connectivity index (χ0) is 13.2. The van der Waals surface area contributed by atoms with Crippen LogP contribution in [0.1, 0.15) is 38.5 Å². The fourth-order valence-electron chi connectivity index (χ4n) is 2.55. The van der Waals surface area contributed by atoms with Crippen molar-refractivity contribution in [3.63, 3.8) is 0 Å². The first kappa shape index (κ1) is 13.6. The van der Waals surface area contributed by atoms with Crippen LogP contribution in [0.3, 0.4) is 0 Å². The summed E-state index contributed by atoms with van der Waals surface area (Å²) in [6.45, 7) is -0.239. The molecule has 2 rings (SSSR count). The fraction of sp³-hybridized carbons (Fsp3) is 0.917. The van der Waals surface area contributed by atoms with Crippen LogP contribution in [0, 0.1) is 5.92 Å². The van der Waals surface area contributed by atoms with Crippen molar-refractivity contribution in [1.82, 2.24) is 10.6 Å². The molecule has 0 aromatic rings. The van der Waals surface area contributed by atoms with Crippen molar-refractivity contribution >= 4 is 5.91 Å². The second-order valence-corrected chi connectivity index (χ2v) is 5.29. The highest BCUT2D eigenvalue weighted by Gasteiger charge is 2.45. The normalized spacial score (nSPS) is 23.1. The Kier molecular flexibility index (Phi) is 4.14. The lowest BCUT2D eigenvalue weighted by Gasteiger charge is -2.26. The third-order valence-corrected chi connectivity index (χ3v) is 3.65. The maximum absolute atomic E-state index is 12.9. The van der Waals surface area contributed by atoms with E-state index in [4.69, 9.17) is 0 Å². The molecule has 0 aromatic carbocycles. The van der Waals surface area contributed by atoms with Crippen molar-refractivity contribution in [2.75, 3.05) is 6.54 Å². The van der Waals surface area contributed by atoms with Gasteiger partial charge in [0.05, 0.1) is 6.54 Å². The van der Waals surface area contributed by atoms with Crippen molar-refractivity contribution in [2.45, 2.75) is 56.8 Å². The van der Waals surface area contributed by atoms with Crippen molar-refractivity contribution < 1.29 is 18.0 Å². The monoisotopic (exact) mass is 264 g/mol. The maximum atomic E-state index is 12.9. The number of rotatable bonds is 5. The molecule has 104 valence electrons. The number of amides is 1. The van der Waals surface area contributed by atoms with Gasteiger partial charge in [-0.1, -0.05) is 12.8 Å². The van der Waals surface area contributed by atoms with E-state index in [1.165, 1.54) is 0 Å². The van der Waals surface area contributed by atoms with Gasteiger partial charge in [0.1, 0.15) is 6.04 Å². The Bertz CT molecular complexity index is 296. The van der Waals surface area contributed by atoms with Crippen LogP contribution in [0.2, 0.25) is 0 Å². The first-order chi connectivity index (χ1) is 8.47. The summed E-state index contributed by atoms with van der Waals surface area (Å²) in [6.07, 6.45) is 0.520. The Morgan fingerprint density at radius 2 is 1.78 bits per heavy atom. The number of alkyl halides is 3. The number of carbonyl (C=O) groups is 1. The van der Waals surface area contributed by atoms with Gasteiger partial charge in [0.15, 0.2) is 0 Å². The SMILES string of the molecule is O=C(CNC(C1CCCC1)C(F)(F)F)NC1CC1. The van der Waals surface area contributed by atoms with E-state index < -0.39 is 12.2 Å². The van der Waals surface area contributed by atoms with Crippen LogP contribution in [0.4, 0.5) is 13.2 Å². The smallest absolute Gasteiger partial charge is 0.352 e. The summed E-state index contributed by atoms with van der Waals surface area (Å²) in [5, 5.41) is 5.08. The second-order valence-electron chi connectivity index (χ2n) is 5.29. The molecule has 0 aromatic heterocycles. The predicted molar refractivity (Wildman–Crippen MR) is 61.0 cm³/mol. The molecule has 2 fully saturated rings. The van der Waals surface area contributed by atoms with E-state index in [9.17, 15) is 18.0 Å². The van der Waals surface area contributed by atoms with Gasteiger partial charge in [0.25, 0.3) is 0 Å². The van der Waals surface area contributed by atoms with Crippen LogP contribution >= 0.6 is 0 Å². The van der Waals surface area contributed by atoms with Gasteiger partial charge >= 0.3 is 6.18 Å². The van der Waals surface area contributed by atoms with Crippen LogP contribution in [-0.4, -0.2) is 30.7 Å². The Morgan fingerprint density at radius 1 is 1.17 bits per heavy atom. The zero-order valence-electron chi connectivity index (χ0n) is 10.2. The molecule has 0 saturated heterocycles. The Balaban J connectivity index is 1.82. The molecule has 0 heterocycles. The Hall–Kier alpha value is -0.780. The molecule has 2 aliphatic rings. The molecule has 0 radical (unpaired) electrons. The van der Waals surface area contributed by atoms with Crippen LogP contribution in [0.25, 0.3) is 0 Å². The first-order valence-corrected chi connectivity index (χ1v) is 6.56. The van der Waals surface area contributed by atoms with E-state index in [-0.39, 0.29) is 24.4 Å². The molecule has 0 bridgehead atoms. The van der Waals surface area contributed by atoms with Crippen molar-refractivity contribution in [3.05, 3.63) is 0 Å². The zero-order valence-corrected chi connectivity index (χ0v) is 10.2. The van der Waals surface area contributed by atoms with Crippen molar-refractivity contribution in [3.8, 4) is 0 Å². The second kappa shape index (κ2) is 5.47. The van der Waals surface area contributed by atoms with Gasteiger partial charge in [-0.3, -0.25) is 10.1 Å². The van der Waals surface area contributed by atoms with Crippen LogP contribution in [0.15, 0.2) is 0 Å². The van der Waals surface area contributed by atoms with E-state index in [2.05, 4.69) is 10.6 Å². The molecular weight excluding hydrogens is 245 g/mol. The average Bonchev–Trinajstić information content (AvgIpc) is 2.91. The summed E-state index contributed by atoms with van der Waals surface area (Å²) in [4.78, 5) is 11.4. The first-order valence-electron chi connectivity index (χ1n) is 6.56. The number of halogens is 3. The quantitative estimate of drug-likeness (QED) is 0.797. The van der Waals surface area contributed by atoms with E-state index in [1.54, 1.807) is 0 Å².